The lowest BCUT2D eigenvalue weighted by Gasteiger charge is -2.19. The topological polar surface area (TPSA) is 3.88 Å². The normalized spacial score (nSPS) is 11.3. The Labute approximate surface area is 127 Å². The molecule has 0 aliphatic carbocycles. The zero-order valence-corrected chi connectivity index (χ0v) is 13.4. The molecule has 0 atom stereocenters. The monoisotopic (exact) mass is 293 g/mol. The fourth-order valence-electron chi connectivity index (χ4n) is 2.84. The predicted octanol–water partition coefficient (Wildman–Crippen LogP) is 2.43. The summed E-state index contributed by atoms with van der Waals surface area (Å²) < 4.78 is 2.26. The van der Waals surface area contributed by atoms with E-state index in [1.54, 1.807) is 0 Å². The highest BCUT2D eigenvalue weighted by atomic mass is 31.2. The number of benzene rings is 2. The molecule has 2 heteroatoms. The summed E-state index contributed by atoms with van der Waals surface area (Å²) >= 11 is 0. The van der Waals surface area contributed by atoms with Gasteiger partial charge in [0, 0.05) is 12.1 Å². The van der Waals surface area contributed by atoms with E-state index in [1.807, 2.05) is 0 Å². The summed E-state index contributed by atoms with van der Waals surface area (Å²) in [4.78, 5) is 0. The first-order chi connectivity index (χ1) is 10.2. The van der Waals surface area contributed by atoms with Crippen molar-refractivity contribution in [1.29, 1.82) is 0 Å². The molecular formula is C19H20NP+2. The van der Waals surface area contributed by atoms with Crippen LogP contribution in [0.1, 0.15) is 0 Å². The van der Waals surface area contributed by atoms with Gasteiger partial charge in [0.1, 0.15) is 17.7 Å². The number of hydrogen-bond donors (Lipinski definition) is 0. The minimum atomic E-state index is -1.60. The molecule has 1 nitrogen and oxygen atoms in total. The molecule has 3 rings (SSSR count). The molecule has 0 N–H and O–H groups in total. The van der Waals surface area contributed by atoms with Gasteiger partial charge in [-0.3, -0.25) is 0 Å². The zero-order chi connectivity index (χ0) is 14.7. The van der Waals surface area contributed by atoms with Gasteiger partial charge in [0.15, 0.2) is 13.5 Å². The van der Waals surface area contributed by atoms with E-state index >= 15 is 0 Å². The Bertz CT molecular complexity index is 683. The second-order valence-corrected chi connectivity index (χ2v) is 8.85. The smallest absolute Gasteiger partial charge is 0.171 e. The molecule has 0 amide bonds. The van der Waals surface area contributed by atoms with Crippen LogP contribution in [0.3, 0.4) is 0 Å². The minimum absolute atomic E-state index is 1.39. The van der Waals surface area contributed by atoms with Crippen molar-refractivity contribution in [3.8, 4) is 0 Å². The van der Waals surface area contributed by atoms with Crippen molar-refractivity contribution in [2.75, 3.05) is 6.66 Å². The van der Waals surface area contributed by atoms with Crippen LogP contribution in [0.25, 0.3) is 0 Å². The van der Waals surface area contributed by atoms with Gasteiger partial charge in [-0.15, -0.1) is 0 Å². The molecule has 0 bridgehead atoms. The molecule has 0 radical (unpaired) electrons. The molecule has 1 heterocycles. The molecule has 0 saturated carbocycles. The Morgan fingerprint density at radius 2 is 1.14 bits per heavy atom. The standard InChI is InChI=1S/C19H20NP/c1-20-16-10-9-15-19(20)21(2,17-11-5-3-6-12-17)18-13-7-4-8-14-18/h3-16H,1-2H3/q+2. The predicted molar refractivity (Wildman–Crippen MR) is 92.2 cm³/mol. The molecule has 0 aliphatic heterocycles. The number of aromatic nitrogens is 1. The van der Waals surface area contributed by atoms with Crippen LogP contribution in [0.4, 0.5) is 0 Å². The molecule has 21 heavy (non-hydrogen) atoms. The summed E-state index contributed by atoms with van der Waals surface area (Å²) in [6.45, 7) is 2.41. The third-order valence-electron chi connectivity index (χ3n) is 4.03. The quantitative estimate of drug-likeness (QED) is 0.516. The van der Waals surface area contributed by atoms with Crippen LogP contribution in [0.2, 0.25) is 0 Å². The highest BCUT2D eigenvalue weighted by Gasteiger charge is 2.46. The van der Waals surface area contributed by atoms with E-state index in [4.69, 9.17) is 0 Å². The number of aryl methyl sites for hydroxylation is 1. The first-order valence-corrected chi connectivity index (χ1v) is 9.39. The molecule has 0 fully saturated rings. The van der Waals surface area contributed by atoms with Crippen molar-refractivity contribution < 1.29 is 4.57 Å². The maximum atomic E-state index is 2.41. The van der Waals surface area contributed by atoms with Crippen LogP contribution in [0, 0.1) is 0 Å². The summed E-state index contributed by atoms with van der Waals surface area (Å²) in [6.07, 6.45) is 2.14. The summed E-state index contributed by atoms with van der Waals surface area (Å²) in [6, 6.07) is 28.2. The van der Waals surface area contributed by atoms with Crippen LogP contribution in [-0.4, -0.2) is 6.66 Å². The molecule has 0 spiro atoms. The second-order valence-electron chi connectivity index (χ2n) is 5.35. The maximum Gasteiger partial charge on any atom is 0.326 e. The number of rotatable bonds is 3. The second kappa shape index (κ2) is 5.79. The highest BCUT2D eigenvalue weighted by Crippen LogP contribution is 2.50. The number of nitrogens with zero attached hydrogens (tertiary/aromatic N) is 1. The van der Waals surface area contributed by atoms with Crippen molar-refractivity contribution in [2.24, 2.45) is 7.05 Å². The fourth-order valence-corrected chi connectivity index (χ4v) is 6.29. The van der Waals surface area contributed by atoms with Crippen molar-refractivity contribution in [2.45, 2.75) is 0 Å². The molecule has 1 aromatic heterocycles. The fraction of sp³-hybridized carbons (Fsp3) is 0.105. The van der Waals surface area contributed by atoms with Gasteiger partial charge < -0.3 is 0 Å². The van der Waals surface area contributed by atoms with Crippen LogP contribution < -0.4 is 20.6 Å². The van der Waals surface area contributed by atoms with Gasteiger partial charge in [-0.2, -0.15) is 4.57 Å². The van der Waals surface area contributed by atoms with Crippen molar-refractivity contribution in [3.05, 3.63) is 85.1 Å². The van der Waals surface area contributed by atoms with Crippen LogP contribution in [-0.2, 0) is 7.05 Å². The van der Waals surface area contributed by atoms with Gasteiger partial charge in [-0.25, -0.2) is 0 Å². The third-order valence-corrected chi connectivity index (χ3v) is 8.07. The van der Waals surface area contributed by atoms with Gasteiger partial charge >= 0.3 is 5.44 Å². The summed E-state index contributed by atoms with van der Waals surface area (Å²) in [5.41, 5.74) is 1.39. The van der Waals surface area contributed by atoms with Gasteiger partial charge in [0.2, 0.25) is 0 Å². The maximum absolute atomic E-state index is 2.41. The van der Waals surface area contributed by atoms with E-state index < -0.39 is 7.26 Å². The molecule has 3 aromatic rings. The third kappa shape index (κ3) is 2.50. The average molecular weight is 293 g/mol. The minimum Gasteiger partial charge on any atom is -0.171 e. The Balaban J connectivity index is 2.29. The number of hydrogen-bond acceptors (Lipinski definition) is 0. The van der Waals surface area contributed by atoms with E-state index in [1.165, 1.54) is 16.0 Å². The van der Waals surface area contributed by atoms with Gasteiger partial charge in [-0.05, 0) is 30.3 Å². The van der Waals surface area contributed by atoms with Crippen molar-refractivity contribution >= 4 is 23.3 Å². The summed E-state index contributed by atoms with van der Waals surface area (Å²) in [5.74, 6) is 0. The van der Waals surface area contributed by atoms with Crippen molar-refractivity contribution in [3.63, 3.8) is 0 Å². The van der Waals surface area contributed by atoms with E-state index in [-0.39, 0.29) is 0 Å². The molecule has 0 saturated heterocycles. The van der Waals surface area contributed by atoms with E-state index in [0.29, 0.717) is 0 Å². The summed E-state index contributed by atoms with van der Waals surface area (Å²) in [7, 11) is 0.537. The Morgan fingerprint density at radius 3 is 1.62 bits per heavy atom. The Hall–Kier alpha value is -1.98. The van der Waals surface area contributed by atoms with E-state index in [9.17, 15) is 0 Å². The average Bonchev–Trinajstić information content (AvgIpc) is 2.56. The van der Waals surface area contributed by atoms with E-state index in [0.717, 1.165) is 0 Å². The Morgan fingerprint density at radius 1 is 0.667 bits per heavy atom. The SMILES string of the molecule is C[n+]1ccccc1[P+](C)(c1ccccc1)c1ccccc1. The van der Waals surface area contributed by atoms with Gasteiger partial charge in [-0.1, -0.05) is 36.4 Å². The van der Waals surface area contributed by atoms with Crippen molar-refractivity contribution in [1.82, 2.24) is 0 Å². The molecule has 0 aliphatic rings. The molecular weight excluding hydrogens is 273 g/mol. The summed E-state index contributed by atoms with van der Waals surface area (Å²) in [5, 5.41) is 2.83. The lowest BCUT2D eigenvalue weighted by molar-refractivity contribution is -0.653. The van der Waals surface area contributed by atoms with Gasteiger partial charge in [0.25, 0.3) is 0 Å². The largest absolute Gasteiger partial charge is 0.326 e. The Kier molecular flexibility index (Phi) is 3.86. The van der Waals surface area contributed by atoms with Crippen LogP contribution in [0.15, 0.2) is 85.1 Å². The van der Waals surface area contributed by atoms with E-state index in [2.05, 4.69) is 103 Å². The van der Waals surface area contributed by atoms with Crippen LogP contribution >= 0.6 is 7.26 Å². The number of pyridine rings is 1. The molecule has 2 aromatic carbocycles. The molecule has 0 unspecified atom stereocenters. The van der Waals surface area contributed by atoms with Crippen LogP contribution in [0.5, 0.6) is 0 Å². The van der Waals surface area contributed by atoms with Gasteiger partial charge in [0.05, 0.1) is 6.66 Å². The first-order valence-electron chi connectivity index (χ1n) is 7.16. The first kappa shape index (κ1) is 14.0. The molecule has 104 valence electrons. The zero-order valence-electron chi connectivity index (χ0n) is 12.5. The highest BCUT2D eigenvalue weighted by molar-refractivity contribution is 7.94. The lowest BCUT2D eigenvalue weighted by atomic mass is 10.4. The lowest BCUT2D eigenvalue weighted by Crippen LogP contribution is -2.50.